The summed E-state index contributed by atoms with van der Waals surface area (Å²) in [4.78, 5) is 31.7. The lowest BCUT2D eigenvalue weighted by Crippen LogP contribution is -2.54. The Kier molecular flexibility index (Phi) is 13.7. The lowest BCUT2D eigenvalue weighted by Gasteiger charge is -2.40. The van der Waals surface area contributed by atoms with Gasteiger partial charge in [-0.05, 0) is 42.8 Å². The molecule has 0 saturated carbocycles. The Hall–Kier alpha value is -2.18. The third-order valence-electron chi connectivity index (χ3n) is 6.58. The first kappa shape index (κ1) is 32.3. The molecule has 12 heteroatoms. The van der Waals surface area contributed by atoms with Crippen LogP contribution in [0.15, 0.2) is 42.5 Å². The lowest BCUT2D eigenvalue weighted by atomic mass is 10.1. The summed E-state index contributed by atoms with van der Waals surface area (Å²) in [6, 6.07) is 11.7. The molecular weight excluding hydrogens is 573 g/mol. The quantitative estimate of drug-likeness (QED) is 0.183. The fourth-order valence-corrected chi connectivity index (χ4v) is 5.04. The average Bonchev–Trinajstić information content (AvgIpc) is 2.94. The minimum Gasteiger partial charge on any atom is -0.482 e. The third kappa shape index (κ3) is 10.3. The molecule has 1 fully saturated rings. The molecule has 2 aromatic carbocycles. The molecule has 40 heavy (non-hydrogen) atoms. The Bertz CT molecular complexity index is 1100. The highest BCUT2D eigenvalue weighted by Crippen LogP contribution is 2.31. The van der Waals surface area contributed by atoms with Crippen LogP contribution in [0, 0.1) is 5.82 Å². The summed E-state index contributed by atoms with van der Waals surface area (Å²) in [6.45, 7) is 7.07. The van der Waals surface area contributed by atoms with Crippen LogP contribution in [-0.4, -0.2) is 98.1 Å². The number of anilines is 1. The second kappa shape index (κ2) is 16.9. The van der Waals surface area contributed by atoms with Crippen molar-refractivity contribution in [2.75, 3.05) is 75.4 Å². The zero-order chi connectivity index (χ0) is 28.9. The Morgan fingerprint density at radius 3 is 2.55 bits per heavy atom. The standard InChI is InChI=1S/C28H39ClFN5O3S2/c1-21-17-33(18-22-2-5-24(30)6-3-22)12-13-35(21)28(37)20-38-26-7-4-23(29)16-25(26)34(11-8-31-9-14-39)19-27(36)32-10-15-40/h2-7,16,21,31,39-40H,8-15,17-20H2,1H3,(H,32,36)/t21-/m1/s1. The Morgan fingerprint density at radius 1 is 1.10 bits per heavy atom. The summed E-state index contributed by atoms with van der Waals surface area (Å²) < 4.78 is 19.3. The Balaban J connectivity index is 1.62. The van der Waals surface area contributed by atoms with E-state index in [-0.39, 0.29) is 36.8 Å². The number of carbonyl (C=O) groups is 2. The molecule has 8 nitrogen and oxygen atoms in total. The van der Waals surface area contributed by atoms with Crippen molar-refractivity contribution in [2.24, 2.45) is 0 Å². The molecule has 1 heterocycles. The molecule has 0 aromatic heterocycles. The molecule has 0 unspecified atom stereocenters. The van der Waals surface area contributed by atoms with E-state index in [1.165, 1.54) is 12.1 Å². The van der Waals surface area contributed by atoms with E-state index < -0.39 is 0 Å². The number of thiol groups is 2. The van der Waals surface area contributed by atoms with Gasteiger partial charge in [0.05, 0.1) is 12.2 Å². The highest BCUT2D eigenvalue weighted by atomic mass is 35.5. The van der Waals surface area contributed by atoms with Crippen LogP contribution in [0.3, 0.4) is 0 Å². The summed E-state index contributed by atoms with van der Waals surface area (Å²) >= 11 is 14.7. The molecule has 0 bridgehead atoms. The first-order chi connectivity index (χ1) is 19.3. The zero-order valence-corrected chi connectivity index (χ0v) is 25.4. The van der Waals surface area contributed by atoms with Crippen molar-refractivity contribution in [3.05, 3.63) is 58.9 Å². The van der Waals surface area contributed by atoms with Crippen LogP contribution >= 0.6 is 36.9 Å². The highest BCUT2D eigenvalue weighted by Gasteiger charge is 2.28. The summed E-state index contributed by atoms with van der Waals surface area (Å²) in [6.07, 6.45) is 0. The van der Waals surface area contributed by atoms with Crippen molar-refractivity contribution < 1.29 is 18.7 Å². The van der Waals surface area contributed by atoms with Gasteiger partial charge in [-0.2, -0.15) is 25.3 Å². The maximum atomic E-state index is 13.2. The SMILES string of the molecule is C[C@@H]1CN(Cc2ccc(F)cc2)CCN1C(=O)COc1ccc(Cl)cc1N(CCNCCS)CC(=O)NCCS. The molecular formula is C28H39ClFN5O3S2. The zero-order valence-electron chi connectivity index (χ0n) is 22.8. The fourth-order valence-electron chi connectivity index (χ4n) is 4.60. The van der Waals surface area contributed by atoms with E-state index in [1.807, 2.05) is 16.7 Å². The molecule has 220 valence electrons. The van der Waals surface area contributed by atoms with Gasteiger partial charge in [-0.15, -0.1) is 0 Å². The van der Waals surface area contributed by atoms with Crippen LogP contribution < -0.4 is 20.3 Å². The molecule has 1 aliphatic heterocycles. The van der Waals surface area contributed by atoms with Gasteiger partial charge in [0.25, 0.3) is 5.91 Å². The summed E-state index contributed by atoms with van der Waals surface area (Å²) in [7, 11) is 0. The Labute approximate surface area is 252 Å². The lowest BCUT2D eigenvalue weighted by molar-refractivity contribution is -0.138. The second-order valence-electron chi connectivity index (χ2n) is 9.67. The minimum atomic E-state index is -0.249. The fraction of sp³-hybridized carbons (Fsp3) is 0.500. The average molecular weight is 612 g/mol. The molecule has 2 N–H and O–H groups in total. The van der Waals surface area contributed by atoms with Gasteiger partial charge in [0.2, 0.25) is 5.91 Å². The summed E-state index contributed by atoms with van der Waals surface area (Å²) in [5.74, 6) is 1.23. The monoisotopic (exact) mass is 611 g/mol. The van der Waals surface area contributed by atoms with Crippen molar-refractivity contribution >= 4 is 54.4 Å². The number of ether oxygens (including phenoxy) is 1. The summed E-state index contributed by atoms with van der Waals surface area (Å²) in [5, 5.41) is 6.63. The van der Waals surface area contributed by atoms with E-state index in [0.717, 1.165) is 12.1 Å². The number of nitrogens with one attached hydrogen (secondary N) is 2. The molecule has 2 aromatic rings. The first-order valence-electron chi connectivity index (χ1n) is 13.4. The van der Waals surface area contributed by atoms with Gasteiger partial charge in [0.1, 0.15) is 11.6 Å². The van der Waals surface area contributed by atoms with E-state index in [4.69, 9.17) is 16.3 Å². The Morgan fingerprint density at radius 2 is 1.85 bits per heavy atom. The first-order valence-corrected chi connectivity index (χ1v) is 15.1. The predicted molar refractivity (Wildman–Crippen MR) is 166 cm³/mol. The van der Waals surface area contributed by atoms with Gasteiger partial charge < -0.3 is 25.2 Å². The van der Waals surface area contributed by atoms with Crippen molar-refractivity contribution in [1.82, 2.24) is 20.4 Å². The molecule has 0 spiro atoms. The van der Waals surface area contributed by atoms with Crippen LogP contribution in [-0.2, 0) is 16.1 Å². The molecule has 1 aliphatic rings. The van der Waals surface area contributed by atoms with E-state index in [9.17, 15) is 14.0 Å². The minimum absolute atomic E-state index is 0.0000767. The molecule has 0 radical (unpaired) electrons. The van der Waals surface area contributed by atoms with Gasteiger partial charge in [-0.25, -0.2) is 4.39 Å². The number of carbonyl (C=O) groups excluding carboxylic acids is 2. The van der Waals surface area contributed by atoms with Crippen LogP contribution in [0.2, 0.25) is 5.02 Å². The third-order valence-corrected chi connectivity index (χ3v) is 7.26. The van der Waals surface area contributed by atoms with Crippen molar-refractivity contribution in [2.45, 2.75) is 19.5 Å². The number of hydrogen-bond acceptors (Lipinski definition) is 8. The normalized spacial score (nSPS) is 15.6. The highest BCUT2D eigenvalue weighted by molar-refractivity contribution is 7.80. The smallest absolute Gasteiger partial charge is 0.260 e. The number of halogens is 2. The van der Waals surface area contributed by atoms with Crippen LogP contribution in [0.25, 0.3) is 0 Å². The maximum absolute atomic E-state index is 13.2. The van der Waals surface area contributed by atoms with Crippen molar-refractivity contribution in [3.63, 3.8) is 0 Å². The number of rotatable bonds is 15. The van der Waals surface area contributed by atoms with Gasteiger partial charge in [0, 0.05) is 74.9 Å². The van der Waals surface area contributed by atoms with Crippen LogP contribution in [0.4, 0.5) is 10.1 Å². The number of benzene rings is 2. The maximum Gasteiger partial charge on any atom is 0.260 e. The van der Waals surface area contributed by atoms with Gasteiger partial charge in [0.15, 0.2) is 6.61 Å². The number of hydrogen-bond donors (Lipinski definition) is 4. The number of piperazine rings is 1. The molecule has 1 atom stereocenters. The van der Waals surface area contributed by atoms with E-state index in [0.29, 0.717) is 73.8 Å². The topological polar surface area (TPSA) is 77.2 Å². The molecule has 0 aliphatic carbocycles. The van der Waals surface area contributed by atoms with E-state index in [1.54, 1.807) is 30.3 Å². The largest absolute Gasteiger partial charge is 0.482 e. The molecule has 3 rings (SSSR count). The van der Waals surface area contributed by atoms with E-state index >= 15 is 0 Å². The summed E-state index contributed by atoms with van der Waals surface area (Å²) in [5.41, 5.74) is 1.68. The second-order valence-corrected chi connectivity index (χ2v) is 11.0. The number of amides is 2. The van der Waals surface area contributed by atoms with Crippen molar-refractivity contribution in [1.29, 1.82) is 0 Å². The van der Waals surface area contributed by atoms with Crippen molar-refractivity contribution in [3.8, 4) is 5.75 Å². The van der Waals surface area contributed by atoms with Gasteiger partial charge in [-0.3, -0.25) is 14.5 Å². The predicted octanol–water partition coefficient (Wildman–Crippen LogP) is 2.96. The van der Waals surface area contributed by atoms with Crippen LogP contribution in [0.5, 0.6) is 5.75 Å². The van der Waals surface area contributed by atoms with Gasteiger partial charge in [-0.1, -0.05) is 23.7 Å². The van der Waals surface area contributed by atoms with E-state index in [2.05, 4.69) is 40.8 Å². The van der Waals surface area contributed by atoms with Crippen LogP contribution in [0.1, 0.15) is 12.5 Å². The van der Waals surface area contributed by atoms with Gasteiger partial charge >= 0.3 is 0 Å². The molecule has 1 saturated heterocycles. The molecule has 2 amide bonds. The number of nitrogens with zero attached hydrogens (tertiary/aromatic N) is 3.